The highest BCUT2D eigenvalue weighted by atomic mass is 16.4. The monoisotopic (exact) mass is 388 g/mol. The molecule has 4 rings (SSSR count). The van der Waals surface area contributed by atoms with E-state index in [0.717, 1.165) is 37.8 Å². The molecule has 1 saturated carbocycles. The van der Waals surface area contributed by atoms with Crippen molar-refractivity contribution in [1.82, 2.24) is 19.6 Å². The lowest BCUT2D eigenvalue weighted by Gasteiger charge is -2.34. The zero-order valence-corrected chi connectivity index (χ0v) is 16.4. The molecular weight excluding hydrogens is 360 g/mol. The summed E-state index contributed by atoms with van der Waals surface area (Å²) in [5.41, 5.74) is 1.53. The van der Waals surface area contributed by atoms with E-state index >= 15 is 0 Å². The minimum Gasteiger partial charge on any atom is -0.476 e. The molecule has 2 fully saturated rings. The number of carbonyl (C=O) groups excluding carboxylic acids is 2. The van der Waals surface area contributed by atoms with Crippen molar-refractivity contribution in [2.24, 2.45) is 13.0 Å². The number of aromatic nitrogens is 2. The lowest BCUT2D eigenvalue weighted by molar-refractivity contribution is -0.147. The molecule has 1 saturated heterocycles. The van der Waals surface area contributed by atoms with Gasteiger partial charge in [0.05, 0.1) is 0 Å². The molecule has 8 nitrogen and oxygen atoms in total. The number of amides is 2. The summed E-state index contributed by atoms with van der Waals surface area (Å²) < 4.78 is 1.61. The molecule has 1 atom stereocenters. The zero-order chi connectivity index (χ0) is 19.8. The van der Waals surface area contributed by atoms with Gasteiger partial charge >= 0.3 is 5.97 Å². The van der Waals surface area contributed by atoms with Crippen LogP contribution in [0.4, 0.5) is 0 Å². The highest BCUT2D eigenvalue weighted by Gasteiger charge is 2.40. The quantitative estimate of drug-likeness (QED) is 0.848. The van der Waals surface area contributed by atoms with Crippen LogP contribution >= 0.6 is 0 Å². The number of fused-ring (bicyclic) bond motifs is 1. The summed E-state index contributed by atoms with van der Waals surface area (Å²) in [5, 5.41) is 13.5. The predicted molar refractivity (Wildman–Crippen MR) is 101 cm³/mol. The number of hydrogen-bond donors (Lipinski definition) is 1. The van der Waals surface area contributed by atoms with Gasteiger partial charge in [0.15, 0.2) is 5.69 Å². The average molecular weight is 388 g/mol. The number of likely N-dealkylation sites (tertiary alicyclic amines) is 1. The van der Waals surface area contributed by atoms with E-state index in [1.54, 1.807) is 21.5 Å². The van der Waals surface area contributed by atoms with Crippen LogP contribution in [0.3, 0.4) is 0 Å². The van der Waals surface area contributed by atoms with Crippen LogP contribution in [0.25, 0.3) is 0 Å². The summed E-state index contributed by atoms with van der Waals surface area (Å²) in [6.07, 6.45) is 7.37. The highest BCUT2D eigenvalue weighted by Crippen LogP contribution is 2.30. The Morgan fingerprint density at radius 2 is 1.75 bits per heavy atom. The van der Waals surface area contributed by atoms with Crippen molar-refractivity contribution in [1.29, 1.82) is 0 Å². The van der Waals surface area contributed by atoms with E-state index < -0.39 is 12.0 Å². The van der Waals surface area contributed by atoms with Crippen LogP contribution in [0, 0.1) is 5.92 Å². The molecule has 3 heterocycles. The first-order chi connectivity index (χ1) is 13.5. The number of nitrogens with zero attached hydrogens (tertiary/aromatic N) is 4. The van der Waals surface area contributed by atoms with Gasteiger partial charge in [-0.15, -0.1) is 0 Å². The Labute approximate surface area is 164 Å². The Morgan fingerprint density at radius 3 is 2.46 bits per heavy atom. The molecule has 28 heavy (non-hydrogen) atoms. The van der Waals surface area contributed by atoms with Crippen molar-refractivity contribution in [3.8, 4) is 0 Å². The second kappa shape index (κ2) is 7.56. The molecule has 0 bridgehead atoms. The minimum atomic E-state index is -1.07. The van der Waals surface area contributed by atoms with Crippen LogP contribution in [0.15, 0.2) is 0 Å². The Morgan fingerprint density at radius 1 is 1.00 bits per heavy atom. The summed E-state index contributed by atoms with van der Waals surface area (Å²) in [4.78, 5) is 41.3. The molecule has 0 spiro atoms. The van der Waals surface area contributed by atoms with Gasteiger partial charge in [0, 0.05) is 50.3 Å². The zero-order valence-electron chi connectivity index (χ0n) is 16.4. The summed E-state index contributed by atoms with van der Waals surface area (Å²) in [6, 6.07) is -0.402. The fourth-order valence-electron chi connectivity index (χ4n) is 5.03. The maximum Gasteiger partial charge on any atom is 0.356 e. The van der Waals surface area contributed by atoms with E-state index in [0.29, 0.717) is 31.5 Å². The minimum absolute atomic E-state index is 0.0246. The molecule has 8 heteroatoms. The van der Waals surface area contributed by atoms with Gasteiger partial charge in [0.1, 0.15) is 6.04 Å². The highest BCUT2D eigenvalue weighted by molar-refractivity contribution is 5.90. The molecule has 3 aliphatic rings. The number of carboxylic acid groups (broad SMARTS) is 1. The lowest BCUT2D eigenvalue weighted by atomic mass is 9.88. The van der Waals surface area contributed by atoms with Crippen molar-refractivity contribution in [3.05, 3.63) is 17.0 Å². The first kappa shape index (κ1) is 19.0. The SMILES string of the molecule is Cn1nc(C(=O)O)c2c1CCN(C(=O)C1CCCN1C(=O)C1CCCCC1)C2. The fraction of sp³-hybridized carbons (Fsp3) is 0.700. The van der Waals surface area contributed by atoms with Crippen LogP contribution < -0.4 is 0 Å². The largest absolute Gasteiger partial charge is 0.476 e. The summed E-state index contributed by atoms with van der Waals surface area (Å²) in [6.45, 7) is 1.44. The first-order valence-electron chi connectivity index (χ1n) is 10.3. The summed E-state index contributed by atoms with van der Waals surface area (Å²) in [5.74, 6) is -0.915. The number of carbonyl (C=O) groups is 3. The van der Waals surface area contributed by atoms with Gasteiger partial charge in [-0.2, -0.15) is 5.10 Å². The Kier molecular flexibility index (Phi) is 5.12. The first-order valence-corrected chi connectivity index (χ1v) is 10.3. The number of aromatic carboxylic acids is 1. The Balaban J connectivity index is 1.50. The maximum atomic E-state index is 13.3. The third-order valence-electron chi connectivity index (χ3n) is 6.53. The van der Waals surface area contributed by atoms with E-state index in [1.807, 2.05) is 0 Å². The molecule has 0 aromatic carbocycles. The Hall–Kier alpha value is -2.38. The molecule has 1 N–H and O–H groups in total. The van der Waals surface area contributed by atoms with Crippen molar-refractivity contribution in [2.45, 2.75) is 64.0 Å². The van der Waals surface area contributed by atoms with Gasteiger partial charge in [-0.1, -0.05) is 19.3 Å². The van der Waals surface area contributed by atoms with E-state index in [9.17, 15) is 19.5 Å². The molecule has 1 aliphatic carbocycles. The second-order valence-corrected chi connectivity index (χ2v) is 8.24. The molecule has 0 radical (unpaired) electrons. The van der Waals surface area contributed by atoms with Gasteiger partial charge in [0.25, 0.3) is 0 Å². The van der Waals surface area contributed by atoms with Gasteiger partial charge in [0.2, 0.25) is 11.8 Å². The van der Waals surface area contributed by atoms with Crippen LogP contribution in [0.5, 0.6) is 0 Å². The molecule has 1 aromatic rings. The predicted octanol–water partition coefficient (Wildman–Crippen LogP) is 1.57. The molecule has 1 aromatic heterocycles. The lowest BCUT2D eigenvalue weighted by Crippen LogP contribution is -2.50. The fourth-order valence-corrected chi connectivity index (χ4v) is 5.03. The molecule has 1 unspecified atom stereocenters. The average Bonchev–Trinajstić information content (AvgIpc) is 3.32. The van der Waals surface area contributed by atoms with Crippen LogP contribution in [0.2, 0.25) is 0 Å². The Bertz CT molecular complexity index is 796. The number of aryl methyl sites for hydroxylation is 1. The second-order valence-electron chi connectivity index (χ2n) is 8.24. The van der Waals surface area contributed by atoms with E-state index in [4.69, 9.17) is 0 Å². The van der Waals surface area contributed by atoms with Gasteiger partial charge in [-0.25, -0.2) is 4.79 Å². The van der Waals surface area contributed by atoms with Crippen LogP contribution in [-0.2, 0) is 29.6 Å². The van der Waals surface area contributed by atoms with E-state index in [-0.39, 0.29) is 30.0 Å². The van der Waals surface area contributed by atoms with Crippen molar-refractivity contribution in [2.75, 3.05) is 13.1 Å². The third-order valence-corrected chi connectivity index (χ3v) is 6.53. The van der Waals surface area contributed by atoms with Crippen LogP contribution in [-0.4, -0.2) is 61.6 Å². The number of carboxylic acids is 1. The molecule has 2 amide bonds. The summed E-state index contributed by atoms with van der Waals surface area (Å²) >= 11 is 0. The van der Waals surface area contributed by atoms with Crippen molar-refractivity contribution >= 4 is 17.8 Å². The third kappa shape index (κ3) is 3.29. The number of hydrogen-bond acceptors (Lipinski definition) is 4. The van der Waals surface area contributed by atoms with Gasteiger partial charge in [-0.3, -0.25) is 14.3 Å². The van der Waals surface area contributed by atoms with E-state index in [1.165, 1.54) is 6.42 Å². The van der Waals surface area contributed by atoms with Gasteiger partial charge < -0.3 is 14.9 Å². The smallest absolute Gasteiger partial charge is 0.356 e. The topological polar surface area (TPSA) is 95.7 Å². The van der Waals surface area contributed by atoms with Crippen molar-refractivity contribution < 1.29 is 19.5 Å². The molecule has 152 valence electrons. The molecular formula is C20H28N4O4. The normalized spacial score (nSPS) is 23.0. The van der Waals surface area contributed by atoms with Crippen molar-refractivity contribution in [3.63, 3.8) is 0 Å². The number of rotatable bonds is 3. The maximum absolute atomic E-state index is 13.3. The summed E-state index contributed by atoms with van der Waals surface area (Å²) in [7, 11) is 1.74. The van der Waals surface area contributed by atoms with Crippen LogP contribution in [0.1, 0.15) is 66.7 Å². The van der Waals surface area contributed by atoms with Gasteiger partial charge in [-0.05, 0) is 25.7 Å². The van der Waals surface area contributed by atoms with E-state index in [2.05, 4.69) is 5.10 Å². The molecule has 2 aliphatic heterocycles. The standard InChI is InChI=1S/C20H28N4O4/c1-22-15-9-11-23(12-14(15)17(21-22)20(27)28)19(26)16-8-5-10-24(16)18(25)13-6-3-2-4-7-13/h13,16H,2-12H2,1H3,(H,27,28).